The van der Waals surface area contributed by atoms with Crippen molar-refractivity contribution in [2.45, 2.75) is 0 Å². The Bertz CT molecular complexity index is 336. The van der Waals surface area contributed by atoms with Gasteiger partial charge in [-0.15, -0.1) is 0 Å². The van der Waals surface area contributed by atoms with Gasteiger partial charge in [0.25, 0.3) is 0 Å². The Morgan fingerprint density at radius 1 is 1.58 bits per heavy atom. The molecule has 0 heterocycles. The van der Waals surface area contributed by atoms with Crippen LogP contribution in [0.15, 0.2) is 18.2 Å². The number of rotatable bonds is 2. The highest BCUT2D eigenvalue weighted by Gasteiger charge is 2.08. The monoisotopic (exact) mass is 167 g/mol. The smallest absolute Gasteiger partial charge is 0.336 e. The molecule has 0 aromatic heterocycles. The molecule has 0 amide bonds. The molecule has 12 heavy (non-hydrogen) atoms. The summed E-state index contributed by atoms with van der Waals surface area (Å²) in [4.78, 5) is 10.5. The molecule has 0 aliphatic rings. The van der Waals surface area contributed by atoms with Gasteiger partial charge in [0.1, 0.15) is 5.82 Å². The minimum Gasteiger partial charge on any atom is -0.478 e. The summed E-state index contributed by atoms with van der Waals surface area (Å²) in [5, 5.41) is 15.4. The number of benzene rings is 1. The number of carboxylic acids is 1. The van der Waals surface area contributed by atoms with Crippen molar-refractivity contribution in [1.29, 1.82) is 5.41 Å². The van der Waals surface area contributed by atoms with Crippen LogP contribution in [0.5, 0.6) is 0 Å². The Labute approximate surface area is 68.0 Å². The molecule has 1 aromatic rings. The fourth-order valence-electron chi connectivity index (χ4n) is 0.840. The quantitative estimate of drug-likeness (QED) is 0.656. The van der Waals surface area contributed by atoms with E-state index in [0.717, 1.165) is 18.3 Å². The third kappa shape index (κ3) is 1.47. The lowest BCUT2D eigenvalue weighted by molar-refractivity contribution is 0.0696. The molecule has 0 atom stereocenters. The van der Waals surface area contributed by atoms with E-state index in [1.165, 1.54) is 6.07 Å². The van der Waals surface area contributed by atoms with Crippen LogP contribution in [0, 0.1) is 11.2 Å². The van der Waals surface area contributed by atoms with Crippen molar-refractivity contribution in [3.05, 3.63) is 35.1 Å². The van der Waals surface area contributed by atoms with Crippen molar-refractivity contribution in [1.82, 2.24) is 0 Å². The largest absolute Gasteiger partial charge is 0.478 e. The Kier molecular flexibility index (Phi) is 2.19. The molecule has 2 N–H and O–H groups in total. The summed E-state index contributed by atoms with van der Waals surface area (Å²) in [5.74, 6) is -1.84. The van der Waals surface area contributed by atoms with Gasteiger partial charge in [-0.05, 0) is 18.2 Å². The highest BCUT2D eigenvalue weighted by Crippen LogP contribution is 2.08. The summed E-state index contributed by atoms with van der Waals surface area (Å²) in [6.45, 7) is 0. The van der Waals surface area contributed by atoms with E-state index in [0.29, 0.717) is 0 Å². The van der Waals surface area contributed by atoms with Crippen molar-refractivity contribution in [2.24, 2.45) is 0 Å². The Morgan fingerprint density at radius 3 is 2.75 bits per heavy atom. The fraction of sp³-hybridized carbons (Fsp3) is 0. The van der Waals surface area contributed by atoms with Crippen LogP contribution in [0.4, 0.5) is 4.39 Å². The van der Waals surface area contributed by atoms with E-state index in [1.807, 2.05) is 0 Å². The van der Waals surface area contributed by atoms with Crippen LogP contribution >= 0.6 is 0 Å². The number of carboxylic acid groups (broad SMARTS) is 1. The second-order valence-corrected chi connectivity index (χ2v) is 2.18. The van der Waals surface area contributed by atoms with E-state index in [9.17, 15) is 9.18 Å². The van der Waals surface area contributed by atoms with Crippen LogP contribution in [-0.4, -0.2) is 17.3 Å². The van der Waals surface area contributed by atoms with E-state index >= 15 is 0 Å². The molecule has 0 unspecified atom stereocenters. The molecule has 0 radical (unpaired) electrons. The number of nitrogens with one attached hydrogen (secondary N) is 1. The molecule has 0 saturated carbocycles. The molecule has 3 nitrogen and oxygen atoms in total. The van der Waals surface area contributed by atoms with Crippen molar-refractivity contribution >= 4 is 12.2 Å². The van der Waals surface area contributed by atoms with Crippen molar-refractivity contribution in [2.75, 3.05) is 0 Å². The summed E-state index contributed by atoms with van der Waals surface area (Å²) < 4.78 is 12.5. The molecule has 0 fully saturated rings. The molecule has 0 bridgehead atoms. The first kappa shape index (κ1) is 8.39. The molecule has 1 aromatic carbocycles. The molecular formula is C8H6FNO2. The van der Waals surface area contributed by atoms with E-state index in [1.54, 1.807) is 0 Å². The van der Waals surface area contributed by atoms with Crippen LogP contribution in [0.3, 0.4) is 0 Å². The highest BCUT2D eigenvalue weighted by atomic mass is 19.1. The van der Waals surface area contributed by atoms with Gasteiger partial charge in [-0.1, -0.05) is 0 Å². The van der Waals surface area contributed by atoms with Crippen LogP contribution in [0.2, 0.25) is 0 Å². The SMILES string of the molecule is N=Cc1ccc(F)cc1C(=O)O. The average Bonchev–Trinajstić information content (AvgIpc) is 2.04. The Morgan fingerprint density at radius 2 is 2.25 bits per heavy atom. The lowest BCUT2D eigenvalue weighted by atomic mass is 10.1. The summed E-state index contributed by atoms with van der Waals surface area (Å²) in [7, 11) is 0. The number of halogens is 1. The van der Waals surface area contributed by atoms with Crippen molar-refractivity contribution in [3.63, 3.8) is 0 Å². The highest BCUT2D eigenvalue weighted by molar-refractivity contribution is 5.97. The molecule has 0 saturated heterocycles. The fourth-order valence-corrected chi connectivity index (χ4v) is 0.840. The van der Waals surface area contributed by atoms with Gasteiger partial charge in [0.05, 0.1) is 5.56 Å². The predicted octanol–water partition coefficient (Wildman–Crippen LogP) is 1.52. The van der Waals surface area contributed by atoms with Gasteiger partial charge >= 0.3 is 5.97 Å². The minimum absolute atomic E-state index is 0.190. The molecule has 4 heteroatoms. The molecule has 0 aliphatic heterocycles. The van der Waals surface area contributed by atoms with Crippen LogP contribution in [-0.2, 0) is 0 Å². The Balaban J connectivity index is 3.30. The minimum atomic E-state index is -1.23. The van der Waals surface area contributed by atoms with Gasteiger partial charge < -0.3 is 10.5 Å². The second kappa shape index (κ2) is 3.13. The van der Waals surface area contributed by atoms with E-state index < -0.39 is 11.8 Å². The normalized spacial score (nSPS) is 9.42. The van der Waals surface area contributed by atoms with Crippen LogP contribution in [0.1, 0.15) is 15.9 Å². The third-order valence-corrected chi connectivity index (χ3v) is 1.40. The van der Waals surface area contributed by atoms with E-state index in [2.05, 4.69) is 0 Å². The molecule has 0 spiro atoms. The van der Waals surface area contributed by atoms with Gasteiger partial charge in [0.2, 0.25) is 0 Å². The number of hydrogen-bond donors (Lipinski definition) is 2. The van der Waals surface area contributed by atoms with Crippen LogP contribution < -0.4 is 0 Å². The lowest BCUT2D eigenvalue weighted by Crippen LogP contribution is -2.02. The van der Waals surface area contributed by atoms with Crippen molar-refractivity contribution < 1.29 is 14.3 Å². The summed E-state index contributed by atoms with van der Waals surface area (Å²) in [6.07, 6.45) is 0.878. The molecule has 1 rings (SSSR count). The van der Waals surface area contributed by atoms with Gasteiger partial charge in [-0.3, -0.25) is 0 Å². The first-order chi connectivity index (χ1) is 5.65. The van der Waals surface area contributed by atoms with Gasteiger partial charge in [-0.2, -0.15) is 0 Å². The topological polar surface area (TPSA) is 61.2 Å². The summed E-state index contributed by atoms with van der Waals surface area (Å²) in [5.41, 5.74) is 0.00824. The first-order valence-electron chi connectivity index (χ1n) is 3.18. The van der Waals surface area contributed by atoms with Gasteiger partial charge in [0, 0.05) is 11.8 Å². The molecule has 62 valence electrons. The maximum absolute atomic E-state index is 12.5. The van der Waals surface area contributed by atoms with E-state index in [-0.39, 0.29) is 11.1 Å². The van der Waals surface area contributed by atoms with Crippen molar-refractivity contribution in [3.8, 4) is 0 Å². The maximum atomic E-state index is 12.5. The van der Waals surface area contributed by atoms with Crippen LogP contribution in [0.25, 0.3) is 0 Å². The van der Waals surface area contributed by atoms with E-state index in [4.69, 9.17) is 10.5 Å². The van der Waals surface area contributed by atoms with Gasteiger partial charge in [0.15, 0.2) is 0 Å². The zero-order chi connectivity index (χ0) is 9.14. The summed E-state index contributed by atoms with van der Waals surface area (Å²) in [6, 6.07) is 3.27. The second-order valence-electron chi connectivity index (χ2n) is 2.18. The first-order valence-corrected chi connectivity index (χ1v) is 3.18. The maximum Gasteiger partial charge on any atom is 0.336 e. The zero-order valence-corrected chi connectivity index (χ0v) is 6.04. The molecule has 0 aliphatic carbocycles. The third-order valence-electron chi connectivity index (χ3n) is 1.40. The van der Waals surface area contributed by atoms with Gasteiger partial charge in [-0.25, -0.2) is 9.18 Å². The zero-order valence-electron chi connectivity index (χ0n) is 6.04. The lowest BCUT2D eigenvalue weighted by Gasteiger charge is -1.98. The standard InChI is InChI=1S/C8H6FNO2/c9-6-2-1-5(4-10)7(3-6)8(11)12/h1-4,10H,(H,11,12). The summed E-state index contributed by atoms with van der Waals surface area (Å²) >= 11 is 0. The number of carbonyl (C=O) groups is 1. The number of hydrogen-bond acceptors (Lipinski definition) is 2. The predicted molar refractivity (Wildman–Crippen MR) is 41.2 cm³/mol. The average molecular weight is 167 g/mol. The number of aromatic carboxylic acids is 1. The molecular weight excluding hydrogens is 161 g/mol. The Hall–Kier alpha value is -1.71.